The van der Waals surface area contributed by atoms with Gasteiger partial charge in [0.15, 0.2) is 0 Å². The van der Waals surface area contributed by atoms with Crippen molar-refractivity contribution in [2.24, 2.45) is 0 Å². The van der Waals surface area contributed by atoms with Gasteiger partial charge >= 0.3 is 0 Å². The molecule has 0 unspecified atom stereocenters. The third kappa shape index (κ3) is 22.8. The minimum absolute atomic E-state index is 0. The van der Waals surface area contributed by atoms with E-state index in [4.69, 9.17) is 4.79 Å². The van der Waals surface area contributed by atoms with E-state index in [-0.39, 0.29) is 38.8 Å². The molecule has 0 aromatic heterocycles. The minimum Gasteiger partial charge on any atom is -0.419 e. The Bertz CT molecular complexity index is 31.8. The summed E-state index contributed by atoms with van der Waals surface area (Å²) in [7, 11) is 0. The van der Waals surface area contributed by atoms with Crippen LogP contribution in [0, 0.1) is 0 Å². The fourth-order valence-corrected chi connectivity index (χ4v) is 0. The number of carbonyl (C=O) groups excluding carboxylic acids is 1. The van der Waals surface area contributed by atoms with Crippen molar-refractivity contribution in [2.45, 2.75) is 0 Å². The summed E-state index contributed by atoms with van der Waals surface area (Å²) < 4.78 is 0. The Hall–Kier alpha value is 0.644. The smallest absolute Gasteiger partial charge is 0 e. The molecule has 0 atom stereocenters. The van der Waals surface area contributed by atoms with Crippen LogP contribution in [0.3, 0.4) is 0 Å². The van der Waals surface area contributed by atoms with Crippen LogP contribution in [0.1, 0.15) is 0 Å². The van der Waals surface area contributed by atoms with Crippen molar-refractivity contribution in [1.29, 1.82) is 0 Å². The van der Waals surface area contributed by atoms with Crippen molar-refractivity contribution in [2.75, 3.05) is 0 Å². The van der Waals surface area contributed by atoms with Crippen LogP contribution < -0.4 is 0 Å². The molecule has 0 aliphatic heterocycles. The van der Waals surface area contributed by atoms with E-state index in [9.17, 15) is 0 Å². The van der Waals surface area contributed by atoms with Gasteiger partial charge in [-0.2, -0.15) is 0 Å². The van der Waals surface area contributed by atoms with Gasteiger partial charge in [-0.15, -0.1) is 0 Å². The second-order valence-corrected chi connectivity index (χ2v) is 0.322. The summed E-state index contributed by atoms with van der Waals surface area (Å²) in [6, 6.07) is 0. The van der Waals surface area contributed by atoms with E-state index < -0.39 is 0 Å². The Labute approximate surface area is 62.5 Å². The van der Waals surface area contributed by atoms with Crippen LogP contribution in [-0.4, -0.2) is 6.29 Å². The molecule has 0 fully saturated rings. The maximum atomic E-state index is 8.93. The molecule has 0 N–H and O–H groups in total. The summed E-state index contributed by atoms with van der Waals surface area (Å²) in [5, 5.41) is 0. The summed E-state index contributed by atoms with van der Waals surface area (Å²) in [4.78, 5) is 8.93. The fourth-order valence-electron chi connectivity index (χ4n) is 0. The molecule has 0 amide bonds. The van der Waals surface area contributed by atoms with Gasteiger partial charge in [0.1, 0.15) is 0 Å². The molecular weight excluding hydrogens is 163 g/mol. The number of rotatable bonds is 1. The van der Waals surface area contributed by atoms with Crippen molar-refractivity contribution >= 4 is 6.29 Å². The largest absolute Gasteiger partial charge is 0.419 e. The molecule has 0 rings (SSSR count). The van der Waals surface area contributed by atoms with Gasteiger partial charge in [-0.1, -0.05) is 0 Å². The van der Waals surface area contributed by atoms with Crippen LogP contribution in [-0.2, 0) is 43.6 Å². The summed E-state index contributed by atoms with van der Waals surface area (Å²) in [6.45, 7) is 3.06. The molecule has 1 nitrogen and oxygen atoms in total. The molecule has 0 saturated carbocycles. The molecule has 0 heterocycles. The van der Waals surface area contributed by atoms with Crippen molar-refractivity contribution in [1.82, 2.24) is 0 Å². The molecule has 0 bridgehead atoms. The van der Waals surface area contributed by atoms with Crippen LogP contribution >= 0.6 is 0 Å². The Morgan fingerprint density at radius 3 is 1.83 bits per heavy atom. The van der Waals surface area contributed by atoms with E-state index in [0.717, 1.165) is 6.08 Å². The predicted molar refractivity (Wildman–Crippen MR) is 15.9 cm³/mol. The summed E-state index contributed by atoms with van der Waals surface area (Å²) in [5.74, 6) is 0. The Morgan fingerprint density at radius 1 is 1.67 bits per heavy atom. The van der Waals surface area contributed by atoms with Gasteiger partial charge in [0.25, 0.3) is 0 Å². The predicted octanol–water partition coefficient (Wildman–Crippen LogP) is 0.277. The zero-order valence-corrected chi connectivity index (χ0v) is 5.50. The molecule has 37 valence electrons. The number of hydrogen-bond acceptors (Lipinski definition) is 1. The van der Waals surface area contributed by atoms with Gasteiger partial charge in [0.05, 0.1) is 0 Å². The zero-order chi connectivity index (χ0) is 3.41. The first kappa shape index (κ1) is 15.9. The third-order valence-corrected chi connectivity index (χ3v) is 0.0833. The van der Waals surface area contributed by atoms with E-state index >= 15 is 0 Å². The third-order valence-electron chi connectivity index (χ3n) is 0.0833. The van der Waals surface area contributed by atoms with Gasteiger partial charge in [-0.3, -0.25) is 0 Å². The van der Waals surface area contributed by atoms with Crippen molar-refractivity contribution < 1.29 is 43.6 Å². The molecular formula is C3H3CuOTi-. The molecule has 0 saturated heterocycles. The zero-order valence-electron chi connectivity index (χ0n) is 2.99. The van der Waals surface area contributed by atoms with E-state index in [1.807, 2.05) is 0 Å². The molecule has 0 aromatic rings. The van der Waals surface area contributed by atoms with E-state index in [0.29, 0.717) is 0 Å². The second kappa shape index (κ2) is 17.4. The second-order valence-electron chi connectivity index (χ2n) is 0.322. The Morgan fingerprint density at radius 2 is 1.83 bits per heavy atom. The monoisotopic (exact) mass is 166 g/mol. The molecule has 0 aliphatic rings. The number of hydrogen-bond donors (Lipinski definition) is 0. The summed E-state index contributed by atoms with van der Waals surface area (Å²) in [5.41, 5.74) is 0. The van der Waals surface area contributed by atoms with E-state index in [2.05, 4.69) is 6.58 Å². The van der Waals surface area contributed by atoms with Gasteiger partial charge in [0.2, 0.25) is 0 Å². The van der Waals surface area contributed by atoms with Gasteiger partial charge in [0, 0.05) is 38.8 Å². The SMILES string of the molecule is C=C[C-]=O.[Cu].[Ti]. The summed E-state index contributed by atoms with van der Waals surface area (Å²) >= 11 is 0. The van der Waals surface area contributed by atoms with Crippen molar-refractivity contribution in [3.8, 4) is 0 Å². The normalized spacial score (nSPS) is 3.33. The first-order chi connectivity index (χ1) is 1.91. The summed E-state index contributed by atoms with van der Waals surface area (Å²) in [6.07, 6.45) is 2.51. The molecule has 0 spiro atoms. The molecule has 0 aliphatic carbocycles. The maximum absolute atomic E-state index is 8.93. The van der Waals surface area contributed by atoms with Crippen LogP contribution in [0.15, 0.2) is 12.7 Å². The average molecular weight is 166 g/mol. The molecule has 1 radical (unpaired) electrons. The standard InChI is InChI=1S/C3H3O.Cu.Ti/c1-2-3-4;;/h2H,1H2;;/q-1;;. The van der Waals surface area contributed by atoms with Gasteiger partial charge < -0.3 is 4.79 Å². The Balaban J connectivity index is -0.0000000450. The first-order valence-electron chi connectivity index (χ1n) is 0.901. The molecule has 0 aromatic carbocycles. The van der Waals surface area contributed by atoms with Crippen LogP contribution in [0.4, 0.5) is 0 Å². The van der Waals surface area contributed by atoms with Crippen LogP contribution in [0.2, 0.25) is 0 Å². The molecule has 3 heteroatoms. The Kier molecular flexibility index (Phi) is 46.3. The van der Waals surface area contributed by atoms with Crippen LogP contribution in [0.5, 0.6) is 0 Å². The van der Waals surface area contributed by atoms with Crippen molar-refractivity contribution in [3.63, 3.8) is 0 Å². The fraction of sp³-hybridized carbons (Fsp3) is 0. The average Bonchev–Trinajstić information content (AvgIpc) is 1.37. The maximum Gasteiger partial charge on any atom is 0 e. The van der Waals surface area contributed by atoms with Crippen LogP contribution in [0.25, 0.3) is 0 Å². The van der Waals surface area contributed by atoms with Crippen molar-refractivity contribution in [3.05, 3.63) is 12.7 Å². The topological polar surface area (TPSA) is 17.1 Å². The quantitative estimate of drug-likeness (QED) is 0.311. The number of allylic oxidation sites excluding steroid dienone is 1. The van der Waals surface area contributed by atoms with E-state index in [1.54, 1.807) is 0 Å². The first-order valence-corrected chi connectivity index (χ1v) is 0.901. The van der Waals surface area contributed by atoms with Gasteiger partial charge in [-0.05, 0) is 6.29 Å². The molecule has 6 heavy (non-hydrogen) atoms. The van der Waals surface area contributed by atoms with E-state index in [1.165, 1.54) is 6.29 Å². The van der Waals surface area contributed by atoms with Gasteiger partial charge in [-0.25, -0.2) is 12.7 Å². The minimum atomic E-state index is 0.